The zero-order chi connectivity index (χ0) is 28.8. The van der Waals surface area contributed by atoms with Crippen molar-refractivity contribution in [2.45, 2.75) is 97.8 Å². The third kappa shape index (κ3) is 10.9. The van der Waals surface area contributed by atoms with Crippen molar-refractivity contribution in [1.29, 1.82) is 0 Å². The summed E-state index contributed by atoms with van der Waals surface area (Å²) in [6.45, 7) is 11.6. The standard InChI is InChI=1S/C33H52N2O4/c1-7-8-19-33(4,5)32(37)35-30(31(36)29(34)18-15-24(2)3)23-26-22-27(39-21-12-20-38-6)16-17-28(26)25-13-10-9-11-14-25/h9-11,13-14,16-17,22,24,29-31,36H,7-8,12,15,18-21,23,34H2,1-6H3,(H,35,37). The Balaban J connectivity index is 2.41. The van der Waals surface area contributed by atoms with E-state index in [1.165, 1.54) is 0 Å². The van der Waals surface area contributed by atoms with Crippen LogP contribution in [0.25, 0.3) is 11.1 Å². The van der Waals surface area contributed by atoms with Crippen LogP contribution in [0.1, 0.15) is 78.7 Å². The molecule has 6 nitrogen and oxygen atoms in total. The molecule has 6 heteroatoms. The summed E-state index contributed by atoms with van der Waals surface area (Å²) in [6.07, 6.45) is 4.75. The fraction of sp³-hybridized carbons (Fsp3) is 0.606. The molecule has 0 fully saturated rings. The Morgan fingerprint density at radius 1 is 1.05 bits per heavy atom. The molecule has 0 bridgehead atoms. The van der Waals surface area contributed by atoms with Gasteiger partial charge < -0.3 is 25.6 Å². The molecule has 2 aromatic carbocycles. The molecule has 0 aliphatic carbocycles. The second kappa shape index (κ2) is 16.6. The average molecular weight is 541 g/mol. The van der Waals surface area contributed by atoms with Gasteiger partial charge in [0.2, 0.25) is 5.91 Å². The predicted molar refractivity (Wildman–Crippen MR) is 161 cm³/mol. The number of ether oxygens (including phenoxy) is 2. The molecular weight excluding hydrogens is 488 g/mol. The van der Waals surface area contributed by atoms with Gasteiger partial charge in [-0.15, -0.1) is 0 Å². The second-order valence-corrected chi connectivity index (χ2v) is 11.8. The highest BCUT2D eigenvalue weighted by Gasteiger charge is 2.33. The number of methoxy groups -OCH3 is 1. The average Bonchev–Trinajstić information content (AvgIpc) is 2.92. The first-order valence-corrected chi connectivity index (χ1v) is 14.6. The normalized spacial score (nSPS) is 14.2. The van der Waals surface area contributed by atoms with Crippen molar-refractivity contribution < 1.29 is 19.4 Å². The number of hydrogen-bond acceptors (Lipinski definition) is 5. The van der Waals surface area contributed by atoms with Crippen molar-refractivity contribution >= 4 is 5.91 Å². The second-order valence-electron chi connectivity index (χ2n) is 11.8. The summed E-state index contributed by atoms with van der Waals surface area (Å²) in [5, 5.41) is 14.7. The number of amides is 1. The van der Waals surface area contributed by atoms with E-state index in [1.807, 2.05) is 44.2 Å². The molecule has 39 heavy (non-hydrogen) atoms. The van der Waals surface area contributed by atoms with Gasteiger partial charge in [0.25, 0.3) is 0 Å². The molecule has 0 aliphatic rings. The van der Waals surface area contributed by atoms with Gasteiger partial charge in [-0.3, -0.25) is 4.79 Å². The van der Waals surface area contributed by atoms with Crippen LogP contribution in [0.2, 0.25) is 0 Å². The zero-order valence-corrected chi connectivity index (χ0v) is 25.0. The van der Waals surface area contributed by atoms with Crippen molar-refractivity contribution in [3.8, 4) is 16.9 Å². The number of nitrogens with one attached hydrogen (secondary N) is 1. The molecule has 3 unspecified atom stereocenters. The van der Waals surface area contributed by atoms with Gasteiger partial charge in [-0.1, -0.05) is 83.9 Å². The maximum absolute atomic E-state index is 13.5. The number of unbranched alkanes of at least 4 members (excludes halogenated alkanes) is 1. The number of benzene rings is 2. The van der Waals surface area contributed by atoms with Crippen molar-refractivity contribution in [2.75, 3.05) is 20.3 Å². The molecule has 0 spiro atoms. The molecule has 0 radical (unpaired) electrons. The van der Waals surface area contributed by atoms with Crippen molar-refractivity contribution in [3.05, 3.63) is 54.1 Å². The molecule has 0 saturated heterocycles. The highest BCUT2D eigenvalue weighted by molar-refractivity contribution is 5.82. The lowest BCUT2D eigenvalue weighted by molar-refractivity contribution is -0.131. The maximum Gasteiger partial charge on any atom is 0.225 e. The first kappa shape index (κ1) is 32.8. The summed E-state index contributed by atoms with van der Waals surface area (Å²) in [4.78, 5) is 13.5. The number of carbonyl (C=O) groups is 1. The summed E-state index contributed by atoms with van der Waals surface area (Å²) in [7, 11) is 1.68. The third-order valence-corrected chi connectivity index (χ3v) is 7.38. The molecule has 2 aromatic rings. The third-order valence-electron chi connectivity index (χ3n) is 7.38. The molecule has 4 N–H and O–H groups in total. The minimum absolute atomic E-state index is 0.0516. The smallest absolute Gasteiger partial charge is 0.225 e. The van der Waals surface area contributed by atoms with Crippen LogP contribution in [0, 0.1) is 11.3 Å². The monoisotopic (exact) mass is 540 g/mol. The highest BCUT2D eigenvalue weighted by Crippen LogP contribution is 2.30. The molecule has 2 rings (SSSR count). The van der Waals surface area contributed by atoms with Crippen LogP contribution in [-0.4, -0.2) is 49.5 Å². The maximum atomic E-state index is 13.5. The predicted octanol–water partition coefficient (Wildman–Crippen LogP) is 6.14. The Morgan fingerprint density at radius 3 is 2.41 bits per heavy atom. The van der Waals surface area contributed by atoms with Crippen molar-refractivity contribution in [1.82, 2.24) is 5.32 Å². The number of nitrogens with two attached hydrogens (primary N) is 1. The Morgan fingerprint density at radius 2 is 1.77 bits per heavy atom. The van der Waals surface area contributed by atoms with Crippen LogP contribution in [-0.2, 0) is 16.0 Å². The molecule has 1 amide bonds. The largest absolute Gasteiger partial charge is 0.493 e. The lowest BCUT2D eigenvalue weighted by Crippen LogP contribution is -2.54. The highest BCUT2D eigenvalue weighted by atomic mass is 16.5. The van der Waals surface area contributed by atoms with E-state index in [4.69, 9.17) is 15.2 Å². The van der Waals surface area contributed by atoms with Gasteiger partial charge in [0.15, 0.2) is 0 Å². The van der Waals surface area contributed by atoms with E-state index in [9.17, 15) is 9.90 Å². The summed E-state index contributed by atoms with van der Waals surface area (Å²) in [5.41, 5.74) is 9.10. The molecule has 218 valence electrons. The SMILES string of the molecule is CCCCC(C)(C)C(=O)NC(Cc1cc(OCCCOC)ccc1-c1ccccc1)C(O)C(N)CCC(C)C. The van der Waals surface area contributed by atoms with Gasteiger partial charge in [0.1, 0.15) is 5.75 Å². The van der Waals surface area contributed by atoms with E-state index in [0.717, 1.165) is 54.5 Å². The van der Waals surface area contributed by atoms with E-state index < -0.39 is 23.6 Å². The van der Waals surface area contributed by atoms with Crippen molar-refractivity contribution in [3.63, 3.8) is 0 Å². The fourth-order valence-corrected chi connectivity index (χ4v) is 4.71. The Labute approximate surface area is 236 Å². The number of rotatable bonds is 18. The minimum atomic E-state index is -0.885. The molecule has 0 aromatic heterocycles. The van der Waals surface area contributed by atoms with Crippen LogP contribution in [0.5, 0.6) is 5.75 Å². The minimum Gasteiger partial charge on any atom is -0.493 e. The van der Waals surface area contributed by atoms with Crippen LogP contribution in [0.15, 0.2) is 48.5 Å². The van der Waals surface area contributed by atoms with Gasteiger partial charge in [-0.2, -0.15) is 0 Å². The van der Waals surface area contributed by atoms with Crippen LogP contribution < -0.4 is 15.8 Å². The zero-order valence-electron chi connectivity index (χ0n) is 25.0. The molecule has 3 atom stereocenters. The first-order valence-electron chi connectivity index (χ1n) is 14.6. The summed E-state index contributed by atoms with van der Waals surface area (Å²) >= 11 is 0. The Hall–Kier alpha value is -2.41. The molecule has 0 aliphatic heterocycles. The molecule has 0 heterocycles. The van der Waals surface area contributed by atoms with E-state index in [1.54, 1.807) is 7.11 Å². The summed E-state index contributed by atoms with van der Waals surface area (Å²) < 4.78 is 11.2. The number of aliphatic hydroxyl groups excluding tert-OH is 1. The fourth-order valence-electron chi connectivity index (χ4n) is 4.71. The van der Waals surface area contributed by atoms with Gasteiger partial charge in [-0.05, 0) is 60.4 Å². The van der Waals surface area contributed by atoms with Gasteiger partial charge in [0.05, 0.1) is 18.8 Å². The van der Waals surface area contributed by atoms with E-state index >= 15 is 0 Å². The van der Waals surface area contributed by atoms with Crippen LogP contribution in [0.3, 0.4) is 0 Å². The topological polar surface area (TPSA) is 93.8 Å². The van der Waals surface area contributed by atoms with E-state index in [2.05, 4.69) is 44.3 Å². The summed E-state index contributed by atoms with van der Waals surface area (Å²) in [6, 6.07) is 15.3. The van der Waals surface area contributed by atoms with Crippen LogP contribution in [0.4, 0.5) is 0 Å². The van der Waals surface area contributed by atoms with E-state index in [-0.39, 0.29) is 5.91 Å². The Bertz CT molecular complexity index is 977. The lowest BCUT2D eigenvalue weighted by Gasteiger charge is -2.33. The number of aliphatic hydroxyl groups is 1. The van der Waals surface area contributed by atoms with Gasteiger partial charge >= 0.3 is 0 Å². The number of carbonyl (C=O) groups excluding carboxylic acids is 1. The lowest BCUT2D eigenvalue weighted by atomic mass is 9.84. The molecule has 0 saturated carbocycles. The van der Waals surface area contributed by atoms with Crippen LogP contribution >= 0.6 is 0 Å². The first-order chi connectivity index (χ1) is 18.6. The Kier molecular flexibility index (Phi) is 14.0. The van der Waals surface area contributed by atoms with E-state index in [0.29, 0.717) is 32.0 Å². The molecular formula is C33H52N2O4. The van der Waals surface area contributed by atoms with Gasteiger partial charge in [0, 0.05) is 31.6 Å². The number of hydrogen-bond donors (Lipinski definition) is 3. The quantitative estimate of drug-likeness (QED) is 0.198. The van der Waals surface area contributed by atoms with Gasteiger partial charge in [-0.25, -0.2) is 0 Å². The van der Waals surface area contributed by atoms with Crippen molar-refractivity contribution in [2.24, 2.45) is 17.1 Å². The summed E-state index contributed by atoms with van der Waals surface area (Å²) in [5.74, 6) is 1.19.